The van der Waals surface area contributed by atoms with Crippen molar-refractivity contribution in [3.05, 3.63) is 67.2 Å². The number of thiophene rings is 1. The van der Waals surface area contributed by atoms with Crippen LogP contribution in [0.5, 0.6) is 0 Å². The number of rotatable bonds is 7. The lowest BCUT2D eigenvalue weighted by Gasteiger charge is -2.14. The summed E-state index contributed by atoms with van der Waals surface area (Å²) in [5.41, 5.74) is -0.669. The Labute approximate surface area is 180 Å². The first-order chi connectivity index (χ1) is 14.7. The van der Waals surface area contributed by atoms with Crippen LogP contribution in [0.4, 0.5) is 0 Å². The first kappa shape index (κ1) is 22.4. The van der Waals surface area contributed by atoms with Crippen LogP contribution in [-0.2, 0) is 23.0 Å². The van der Waals surface area contributed by atoms with Crippen molar-refractivity contribution in [1.82, 2.24) is 9.13 Å². The molecule has 2 aromatic heterocycles. The smallest absolute Gasteiger partial charge is 0.348 e. The van der Waals surface area contributed by atoms with Crippen LogP contribution < -0.4 is 11.2 Å². The Morgan fingerprint density at radius 1 is 1.19 bits per heavy atom. The summed E-state index contributed by atoms with van der Waals surface area (Å²) < 4.78 is 6.90. The number of carboxylic acids is 1. The molecule has 2 atom stereocenters. The number of carboxylic acid groups (broad SMARTS) is 1. The summed E-state index contributed by atoms with van der Waals surface area (Å²) in [6.45, 7) is 3.03. The molecule has 0 aliphatic heterocycles. The van der Waals surface area contributed by atoms with Gasteiger partial charge in [0.25, 0.3) is 5.56 Å². The molecule has 0 saturated carbocycles. The number of esters is 1. The van der Waals surface area contributed by atoms with Gasteiger partial charge in [0.2, 0.25) is 0 Å². The van der Waals surface area contributed by atoms with E-state index in [1.54, 1.807) is 37.3 Å². The molecule has 0 amide bonds. The zero-order valence-electron chi connectivity index (χ0n) is 17.2. The Bertz CT molecular complexity index is 1260. The Morgan fingerprint density at radius 3 is 2.42 bits per heavy atom. The van der Waals surface area contributed by atoms with Crippen molar-refractivity contribution in [3.8, 4) is 0 Å². The van der Waals surface area contributed by atoms with Gasteiger partial charge in [0, 0.05) is 13.5 Å². The number of hydrogen-bond acceptors (Lipinski definition) is 7. The molecular weight excluding hydrogens is 424 g/mol. The van der Waals surface area contributed by atoms with Crippen molar-refractivity contribution >= 4 is 33.5 Å². The minimum absolute atomic E-state index is 0.0261. The molecule has 9 nitrogen and oxygen atoms in total. The zero-order valence-corrected chi connectivity index (χ0v) is 18.0. The highest BCUT2D eigenvalue weighted by Gasteiger charge is 2.29. The molecular formula is C21H22N2O7S. The third-order valence-corrected chi connectivity index (χ3v) is 6.22. The SMILES string of the molecule is CCOC(=O)c1sc2c(c1C[C@H](O)c1ccccc1)c(=O)n(C)c(=O)n2C(C)C(=O)O. The lowest BCUT2D eigenvalue weighted by atomic mass is 10.00. The van der Waals surface area contributed by atoms with Gasteiger partial charge in [0.15, 0.2) is 0 Å². The maximum absolute atomic E-state index is 13.0. The molecule has 164 valence electrons. The topological polar surface area (TPSA) is 128 Å². The third kappa shape index (κ3) is 4.04. The molecule has 3 rings (SSSR count). The number of nitrogens with zero attached hydrogens (tertiary/aromatic N) is 2. The van der Waals surface area contributed by atoms with Crippen molar-refractivity contribution in [3.63, 3.8) is 0 Å². The van der Waals surface area contributed by atoms with Gasteiger partial charge in [0.1, 0.15) is 15.7 Å². The summed E-state index contributed by atoms with van der Waals surface area (Å²) in [6.07, 6.45) is -1.12. The van der Waals surface area contributed by atoms with Crippen LogP contribution in [0.2, 0.25) is 0 Å². The van der Waals surface area contributed by atoms with Gasteiger partial charge in [-0.2, -0.15) is 0 Å². The number of aliphatic hydroxyl groups is 1. The fraction of sp³-hybridized carbons (Fsp3) is 0.333. The summed E-state index contributed by atoms with van der Waals surface area (Å²) in [5.74, 6) is -1.97. The second kappa shape index (κ2) is 8.86. The van der Waals surface area contributed by atoms with Gasteiger partial charge in [-0.3, -0.25) is 13.9 Å². The quantitative estimate of drug-likeness (QED) is 0.530. The van der Waals surface area contributed by atoms with E-state index in [4.69, 9.17) is 4.74 Å². The number of aromatic nitrogens is 2. The number of ether oxygens (including phenoxy) is 1. The maximum Gasteiger partial charge on any atom is 0.348 e. The molecule has 1 unspecified atom stereocenters. The molecule has 0 radical (unpaired) electrons. The number of carbonyl (C=O) groups is 2. The molecule has 0 saturated heterocycles. The van der Waals surface area contributed by atoms with Gasteiger partial charge in [0.05, 0.1) is 18.1 Å². The minimum atomic E-state index is -1.28. The van der Waals surface area contributed by atoms with E-state index in [1.165, 1.54) is 14.0 Å². The van der Waals surface area contributed by atoms with Gasteiger partial charge in [-0.25, -0.2) is 14.4 Å². The molecule has 0 aliphatic rings. The van der Waals surface area contributed by atoms with Crippen LogP contribution in [0, 0.1) is 0 Å². The van der Waals surface area contributed by atoms with E-state index in [0.717, 1.165) is 20.5 Å². The summed E-state index contributed by atoms with van der Waals surface area (Å²) in [6, 6.07) is 7.45. The molecule has 10 heteroatoms. The summed E-state index contributed by atoms with van der Waals surface area (Å²) in [4.78, 5) is 50.1. The molecule has 0 bridgehead atoms. The number of aliphatic hydroxyl groups excluding tert-OH is 1. The molecule has 3 aromatic rings. The average Bonchev–Trinajstić information content (AvgIpc) is 3.11. The van der Waals surface area contributed by atoms with Crippen LogP contribution in [0.1, 0.15) is 46.8 Å². The Kier molecular flexibility index (Phi) is 6.42. The average molecular weight is 446 g/mol. The second-order valence-electron chi connectivity index (χ2n) is 6.97. The standard InChI is InChI=1S/C21H22N2O7S/c1-4-30-20(28)16-13(10-14(24)12-8-6-5-7-9-12)15-17(25)22(3)21(29)23(18(15)31-16)11(2)19(26)27/h5-9,11,14,24H,4,10H2,1-3H3,(H,26,27)/t11?,14-/m0/s1. The maximum atomic E-state index is 13.0. The van der Waals surface area contributed by atoms with Crippen LogP contribution in [0.3, 0.4) is 0 Å². The molecule has 1 aromatic carbocycles. The highest BCUT2D eigenvalue weighted by molar-refractivity contribution is 7.20. The van der Waals surface area contributed by atoms with Gasteiger partial charge in [-0.05, 0) is 25.0 Å². The zero-order chi connectivity index (χ0) is 22.9. The molecule has 2 heterocycles. The van der Waals surface area contributed by atoms with Crippen molar-refractivity contribution < 1.29 is 24.5 Å². The predicted octanol–water partition coefficient (Wildman–Crippen LogP) is 1.86. The fourth-order valence-corrected chi connectivity index (χ4v) is 4.63. The molecule has 0 aliphatic carbocycles. The molecule has 2 N–H and O–H groups in total. The van der Waals surface area contributed by atoms with Gasteiger partial charge >= 0.3 is 17.6 Å². The van der Waals surface area contributed by atoms with Crippen molar-refractivity contribution in [2.75, 3.05) is 6.61 Å². The minimum Gasteiger partial charge on any atom is -0.480 e. The Morgan fingerprint density at radius 2 is 1.84 bits per heavy atom. The van der Waals surface area contributed by atoms with E-state index in [-0.39, 0.29) is 33.7 Å². The third-order valence-electron chi connectivity index (χ3n) is 5.01. The fourth-order valence-electron chi connectivity index (χ4n) is 3.34. The van der Waals surface area contributed by atoms with E-state index in [1.807, 2.05) is 0 Å². The predicted molar refractivity (Wildman–Crippen MR) is 115 cm³/mol. The van der Waals surface area contributed by atoms with Crippen molar-refractivity contribution in [1.29, 1.82) is 0 Å². The number of aliphatic carboxylic acids is 1. The van der Waals surface area contributed by atoms with E-state index in [0.29, 0.717) is 5.56 Å². The number of carbonyl (C=O) groups excluding carboxylic acids is 1. The Hall–Kier alpha value is -3.24. The lowest BCUT2D eigenvalue weighted by Crippen LogP contribution is -2.40. The van der Waals surface area contributed by atoms with E-state index in [2.05, 4.69) is 0 Å². The number of hydrogen-bond donors (Lipinski definition) is 2. The van der Waals surface area contributed by atoms with Crippen LogP contribution >= 0.6 is 11.3 Å². The molecule has 0 spiro atoms. The van der Waals surface area contributed by atoms with E-state index >= 15 is 0 Å². The lowest BCUT2D eigenvalue weighted by molar-refractivity contribution is -0.140. The molecule has 31 heavy (non-hydrogen) atoms. The van der Waals surface area contributed by atoms with E-state index in [9.17, 15) is 29.4 Å². The van der Waals surface area contributed by atoms with Crippen LogP contribution in [-0.4, -0.2) is 37.9 Å². The van der Waals surface area contributed by atoms with E-state index < -0.39 is 35.3 Å². The first-order valence-electron chi connectivity index (χ1n) is 9.58. The number of benzene rings is 1. The number of fused-ring (bicyclic) bond motifs is 1. The van der Waals surface area contributed by atoms with Gasteiger partial charge < -0.3 is 14.9 Å². The second-order valence-corrected chi connectivity index (χ2v) is 7.97. The molecule has 0 fully saturated rings. The Balaban J connectivity index is 2.34. The van der Waals surface area contributed by atoms with Crippen molar-refractivity contribution in [2.45, 2.75) is 32.4 Å². The summed E-state index contributed by atoms with van der Waals surface area (Å²) in [7, 11) is 1.24. The monoisotopic (exact) mass is 446 g/mol. The highest BCUT2D eigenvalue weighted by atomic mass is 32.1. The van der Waals surface area contributed by atoms with Gasteiger partial charge in [-0.1, -0.05) is 30.3 Å². The van der Waals surface area contributed by atoms with Crippen molar-refractivity contribution in [2.24, 2.45) is 7.05 Å². The van der Waals surface area contributed by atoms with Crippen LogP contribution in [0.15, 0.2) is 39.9 Å². The summed E-state index contributed by atoms with van der Waals surface area (Å²) in [5, 5.41) is 20.2. The first-order valence-corrected chi connectivity index (χ1v) is 10.4. The van der Waals surface area contributed by atoms with Gasteiger partial charge in [-0.15, -0.1) is 11.3 Å². The summed E-state index contributed by atoms with van der Waals surface area (Å²) >= 11 is 0.819. The largest absolute Gasteiger partial charge is 0.480 e. The normalized spacial score (nSPS) is 13.2. The van der Waals surface area contributed by atoms with Crippen LogP contribution in [0.25, 0.3) is 10.2 Å². The highest BCUT2D eigenvalue weighted by Crippen LogP contribution is 2.33.